The predicted octanol–water partition coefficient (Wildman–Crippen LogP) is 4.00. The molecule has 0 radical (unpaired) electrons. The largest absolute Gasteiger partial charge is 0.396 e. The Bertz CT molecular complexity index is 338. The smallest absolute Gasteiger partial charge is 0.137 e. The van der Waals surface area contributed by atoms with Gasteiger partial charge < -0.3 is 5.11 Å². The zero-order chi connectivity index (χ0) is 13.6. The van der Waals surface area contributed by atoms with E-state index in [2.05, 4.69) is 51.3 Å². The first kappa shape index (κ1) is 15.5. The van der Waals surface area contributed by atoms with E-state index in [-0.39, 0.29) is 17.9 Å². The van der Waals surface area contributed by atoms with E-state index >= 15 is 0 Å². The molecule has 0 saturated heterocycles. The highest BCUT2D eigenvalue weighted by molar-refractivity contribution is 6.87. The number of hydrogen-bond donors (Lipinski definition) is 1. The number of aliphatic hydroxyl groups excluding tert-OH is 1. The highest BCUT2D eigenvalue weighted by Gasteiger charge is 2.33. The summed E-state index contributed by atoms with van der Waals surface area (Å²) in [5.74, 6) is 3.81. The van der Waals surface area contributed by atoms with Crippen molar-refractivity contribution in [3.63, 3.8) is 0 Å². The van der Waals surface area contributed by atoms with Gasteiger partial charge in [-0.3, -0.25) is 0 Å². The Hall–Kier alpha value is -0.523. The molecule has 0 spiro atoms. The van der Waals surface area contributed by atoms with Gasteiger partial charge in [-0.1, -0.05) is 32.9 Å². The van der Waals surface area contributed by atoms with Crippen molar-refractivity contribution in [2.45, 2.75) is 58.7 Å². The molecule has 1 aliphatic rings. The molecule has 0 fully saturated rings. The second-order valence-corrected chi connectivity index (χ2v) is 10.7. The molecular formula is C16H28OSi. The van der Waals surface area contributed by atoms with Gasteiger partial charge >= 0.3 is 0 Å². The fourth-order valence-electron chi connectivity index (χ4n) is 2.75. The summed E-state index contributed by atoms with van der Waals surface area (Å²) in [5, 5.41) is 9.52. The van der Waals surface area contributed by atoms with Gasteiger partial charge in [-0.2, -0.15) is 0 Å². The van der Waals surface area contributed by atoms with Crippen molar-refractivity contribution in [2.24, 2.45) is 11.3 Å². The fourth-order valence-corrected chi connectivity index (χ4v) is 5.33. The lowest BCUT2D eigenvalue weighted by atomic mass is 9.72. The van der Waals surface area contributed by atoms with Crippen molar-refractivity contribution in [1.82, 2.24) is 0 Å². The molecular weight excluding hydrogens is 236 g/mol. The van der Waals surface area contributed by atoms with Crippen LogP contribution in [0.2, 0.25) is 18.1 Å². The van der Waals surface area contributed by atoms with Crippen LogP contribution in [0.25, 0.3) is 0 Å². The van der Waals surface area contributed by atoms with Gasteiger partial charge in [0.1, 0.15) is 8.07 Å². The quantitative estimate of drug-likeness (QED) is 0.462. The zero-order valence-corrected chi connectivity index (χ0v) is 13.4. The topological polar surface area (TPSA) is 20.2 Å². The molecule has 18 heavy (non-hydrogen) atoms. The minimum absolute atomic E-state index is 0.0126. The summed E-state index contributed by atoms with van der Waals surface area (Å²) in [6.07, 6.45) is 6.53. The minimum atomic E-state index is -1.36. The van der Waals surface area contributed by atoms with E-state index in [0.717, 1.165) is 12.8 Å². The van der Waals surface area contributed by atoms with Gasteiger partial charge in [0.05, 0.1) is 6.61 Å². The molecule has 2 atom stereocenters. The number of rotatable bonds is 4. The normalized spacial score (nSPS) is 27.7. The molecule has 0 amide bonds. The van der Waals surface area contributed by atoms with Crippen LogP contribution >= 0.6 is 0 Å². The van der Waals surface area contributed by atoms with E-state index in [1.165, 1.54) is 18.1 Å². The molecule has 0 aliphatic heterocycles. The Morgan fingerprint density at radius 1 is 1.28 bits per heavy atom. The summed E-state index contributed by atoms with van der Waals surface area (Å²) in [4.78, 5) is 0. The third kappa shape index (κ3) is 3.27. The molecule has 2 heteroatoms. The monoisotopic (exact) mass is 264 g/mol. The van der Waals surface area contributed by atoms with Gasteiger partial charge in [-0.05, 0) is 37.9 Å². The molecule has 0 aromatic rings. The van der Waals surface area contributed by atoms with Crippen molar-refractivity contribution in [1.29, 1.82) is 0 Å². The van der Waals surface area contributed by atoms with Crippen LogP contribution in [-0.4, -0.2) is 19.8 Å². The SMILES string of the molecule is CC[Si](C#C[C@]1(C)CCC=C[C@@H]1CO)(CC)CC. The van der Waals surface area contributed by atoms with Crippen LogP contribution in [0.4, 0.5) is 0 Å². The standard InChI is InChI=1S/C16H28OSi/c1-5-18(6-2,7-3)13-12-16(4)11-9-8-10-15(16)14-17/h8,10,15,17H,5-7,9,11,14H2,1-4H3/t15-,16+/m1/s1. The van der Waals surface area contributed by atoms with E-state index in [0.29, 0.717) is 0 Å². The van der Waals surface area contributed by atoms with Crippen LogP contribution in [0, 0.1) is 22.8 Å². The van der Waals surface area contributed by atoms with Gasteiger partial charge in [-0.25, -0.2) is 0 Å². The highest BCUT2D eigenvalue weighted by atomic mass is 28.3. The zero-order valence-electron chi connectivity index (χ0n) is 12.4. The van der Waals surface area contributed by atoms with Crippen LogP contribution in [0.15, 0.2) is 12.2 Å². The molecule has 0 bridgehead atoms. The van der Waals surface area contributed by atoms with Gasteiger partial charge in [-0.15, -0.1) is 11.5 Å². The molecule has 1 rings (SSSR count). The van der Waals surface area contributed by atoms with E-state index in [1.807, 2.05) is 0 Å². The maximum atomic E-state index is 9.52. The average molecular weight is 264 g/mol. The Morgan fingerprint density at radius 3 is 2.39 bits per heavy atom. The molecule has 0 saturated carbocycles. The maximum absolute atomic E-state index is 9.52. The van der Waals surface area contributed by atoms with Gasteiger partial charge in [0.15, 0.2) is 0 Å². The van der Waals surface area contributed by atoms with Crippen LogP contribution in [-0.2, 0) is 0 Å². The van der Waals surface area contributed by atoms with Crippen LogP contribution in [0.1, 0.15) is 40.5 Å². The van der Waals surface area contributed by atoms with E-state index in [1.54, 1.807) is 0 Å². The first-order valence-electron chi connectivity index (χ1n) is 7.37. The Morgan fingerprint density at radius 2 is 1.89 bits per heavy atom. The van der Waals surface area contributed by atoms with Gasteiger partial charge in [0, 0.05) is 11.3 Å². The number of aliphatic hydroxyl groups is 1. The number of allylic oxidation sites excluding steroid dienone is 1. The summed E-state index contributed by atoms with van der Waals surface area (Å²) < 4.78 is 0. The summed E-state index contributed by atoms with van der Waals surface area (Å²) >= 11 is 0. The van der Waals surface area contributed by atoms with Crippen LogP contribution in [0.3, 0.4) is 0 Å². The maximum Gasteiger partial charge on any atom is 0.137 e. The minimum Gasteiger partial charge on any atom is -0.396 e. The van der Waals surface area contributed by atoms with Crippen molar-refractivity contribution in [3.8, 4) is 11.5 Å². The third-order valence-corrected chi connectivity index (χ3v) is 9.57. The van der Waals surface area contributed by atoms with Crippen LogP contribution in [0.5, 0.6) is 0 Å². The van der Waals surface area contributed by atoms with E-state index in [9.17, 15) is 5.11 Å². The molecule has 1 nitrogen and oxygen atoms in total. The van der Waals surface area contributed by atoms with Gasteiger partial charge in [0.2, 0.25) is 0 Å². The third-order valence-electron chi connectivity index (χ3n) is 4.86. The van der Waals surface area contributed by atoms with Crippen molar-refractivity contribution in [2.75, 3.05) is 6.61 Å². The summed E-state index contributed by atoms with van der Waals surface area (Å²) in [6, 6.07) is 3.76. The lowest BCUT2D eigenvalue weighted by molar-refractivity contribution is 0.167. The summed E-state index contributed by atoms with van der Waals surface area (Å²) in [5.41, 5.74) is 3.69. The lowest BCUT2D eigenvalue weighted by Gasteiger charge is -2.33. The molecule has 0 aromatic heterocycles. The molecule has 1 aliphatic carbocycles. The van der Waals surface area contributed by atoms with Gasteiger partial charge in [0.25, 0.3) is 0 Å². The van der Waals surface area contributed by atoms with E-state index < -0.39 is 8.07 Å². The first-order valence-corrected chi connectivity index (χ1v) is 9.99. The molecule has 0 heterocycles. The van der Waals surface area contributed by atoms with Crippen molar-refractivity contribution >= 4 is 8.07 Å². The Balaban J connectivity index is 2.97. The molecule has 0 unspecified atom stereocenters. The molecule has 1 N–H and O–H groups in total. The molecule has 102 valence electrons. The summed E-state index contributed by atoms with van der Waals surface area (Å²) in [7, 11) is -1.36. The first-order chi connectivity index (χ1) is 8.55. The van der Waals surface area contributed by atoms with Crippen LogP contribution < -0.4 is 0 Å². The summed E-state index contributed by atoms with van der Waals surface area (Å²) in [6.45, 7) is 9.33. The lowest BCUT2D eigenvalue weighted by Crippen LogP contribution is -2.33. The average Bonchev–Trinajstić information content (AvgIpc) is 2.41. The Labute approximate surface area is 114 Å². The highest BCUT2D eigenvalue weighted by Crippen LogP contribution is 2.37. The van der Waals surface area contributed by atoms with Crippen molar-refractivity contribution in [3.05, 3.63) is 12.2 Å². The second-order valence-electron chi connectivity index (χ2n) is 5.76. The van der Waals surface area contributed by atoms with Crippen molar-refractivity contribution < 1.29 is 5.11 Å². The second kappa shape index (κ2) is 6.59. The molecule has 0 aromatic carbocycles. The Kier molecular flexibility index (Phi) is 5.69. The number of hydrogen-bond acceptors (Lipinski definition) is 1. The predicted molar refractivity (Wildman–Crippen MR) is 82.0 cm³/mol. The fraction of sp³-hybridized carbons (Fsp3) is 0.750. The van der Waals surface area contributed by atoms with E-state index in [4.69, 9.17) is 0 Å².